The van der Waals surface area contributed by atoms with Crippen LogP contribution in [0.1, 0.15) is 12.8 Å². The molecule has 0 fully saturated rings. The second-order valence-electron chi connectivity index (χ2n) is 2.27. The van der Waals surface area contributed by atoms with Gasteiger partial charge >= 0.3 is 0 Å². The molecule has 0 heterocycles. The summed E-state index contributed by atoms with van der Waals surface area (Å²) in [7, 11) is -1.31. The zero-order valence-corrected chi connectivity index (χ0v) is 7.69. The molecule has 0 amide bonds. The van der Waals surface area contributed by atoms with Gasteiger partial charge in [0.25, 0.3) is 0 Å². The fraction of sp³-hybridized carbons (Fsp3) is 0.833. The molecule has 0 radical (unpaired) electrons. The van der Waals surface area contributed by atoms with Gasteiger partial charge in [-0.1, -0.05) is 0 Å². The third kappa shape index (κ3) is 9.58. The lowest BCUT2D eigenvalue weighted by Gasteiger charge is -1.92. The van der Waals surface area contributed by atoms with Gasteiger partial charge in [0.1, 0.15) is 0 Å². The van der Waals surface area contributed by atoms with Crippen molar-refractivity contribution in [1.29, 1.82) is 0 Å². The highest BCUT2D eigenvalue weighted by Gasteiger charge is 1.91. The molecule has 0 aliphatic heterocycles. The van der Waals surface area contributed by atoms with E-state index < -0.39 is 10.0 Å². The summed E-state index contributed by atoms with van der Waals surface area (Å²) in [6.07, 6.45) is 4.14. The Morgan fingerprint density at radius 1 is 1.55 bits per heavy atom. The highest BCUT2D eigenvalue weighted by Crippen LogP contribution is 1.86. The van der Waals surface area contributed by atoms with Crippen molar-refractivity contribution in [1.82, 2.24) is 5.32 Å². The van der Waals surface area contributed by atoms with E-state index in [4.69, 9.17) is 0 Å². The SMILES string of the molecule is CNCCCC=NS(C)(=O)=O. The predicted molar refractivity (Wildman–Crippen MR) is 46.5 cm³/mol. The largest absolute Gasteiger partial charge is 0.320 e. The van der Waals surface area contributed by atoms with E-state index in [1.54, 1.807) is 0 Å². The summed E-state index contributed by atoms with van der Waals surface area (Å²) in [5.41, 5.74) is 0. The van der Waals surface area contributed by atoms with Crippen molar-refractivity contribution >= 4 is 16.2 Å². The standard InChI is InChI=1S/C6H14N2O2S/c1-7-5-3-4-6-8-11(2,9)10/h6-7H,3-5H2,1-2H3. The summed E-state index contributed by atoms with van der Waals surface area (Å²) in [6.45, 7) is 0.885. The maximum atomic E-state index is 10.5. The van der Waals surface area contributed by atoms with Crippen LogP contribution in [0.25, 0.3) is 0 Å². The molecule has 4 nitrogen and oxygen atoms in total. The lowest BCUT2D eigenvalue weighted by atomic mass is 10.3. The van der Waals surface area contributed by atoms with Gasteiger partial charge in [-0.2, -0.15) is 4.40 Å². The first-order chi connectivity index (χ1) is 5.06. The van der Waals surface area contributed by atoms with Crippen molar-refractivity contribution < 1.29 is 8.42 Å². The molecule has 0 aliphatic carbocycles. The molecule has 0 saturated carbocycles. The summed E-state index contributed by atoms with van der Waals surface area (Å²) in [6, 6.07) is 0. The molecular formula is C6H14N2O2S. The predicted octanol–water partition coefficient (Wildman–Crippen LogP) is 0.0164. The van der Waals surface area contributed by atoms with E-state index in [0.29, 0.717) is 6.42 Å². The summed E-state index contributed by atoms with van der Waals surface area (Å²) < 4.78 is 24.2. The van der Waals surface area contributed by atoms with Gasteiger partial charge in [0.2, 0.25) is 10.0 Å². The third-order valence-electron chi connectivity index (χ3n) is 1.03. The van der Waals surface area contributed by atoms with Gasteiger partial charge in [-0.15, -0.1) is 0 Å². The van der Waals surface area contributed by atoms with Gasteiger partial charge in [0, 0.05) is 6.21 Å². The second-order valence-corrected chi connectivity index (χ2v) is 3.94. The Bertz CT molecular complexity index is 209. The lowest BCUT2D eigenvalue weighted by Crippen LogP contribution is -2.07. The number of unbranched alkanes of at least 4 members (excludes halogenated alkanes) is 1. The van der Waals surface area contributed by atoms with Crippen LogP contribution in [-0.2, 0) is 10.0 Å². The van der Waals surface area contributed by atoms with E-state index in [1.807, 2.05) is 7.05 Å². The Balaban J connectivity index is 3.46. The maximum absolute atomic E-state index is 10.5. The number of hydrogen-bond acceptors (Lipinski definition) is 3. The monoisotopic (exact) mass is 178 g/mol. The van der Waals surface area contributed by atoms with Gasteiger partial charge in [0.05, 0.1) is 6.26 Å². The quantitative estimate of drug-likeness (QED) is 0.477. The van der Waals surface area contributed by atoms with Crippen LogP contribution in [0.15, 0.2) is 4.40 Å². The van der Waals surface area contributed by atoms with Crippen LogP contribution >= 0.6 is 0 Å². The Kier molecular flexibility index (Phi) is 5.06. The van der Waals surface area contributed by atoms with E-state index in [0.717, 1.165) is 19.2 Å². The van der Waals surface area contributed by atoms with Crippen LogP contribution in [0, 0.1) is 0 Å². The second kappa shape index (κ2) is 5.26. The minimum atomic E-state index is -3.16. The lowest BCUT2D eigenvalue weighted by molar-refractivity contribution is 0.603. The van der Waals surface area contributed by atoms with Crippen LogP contribution < -0.4 is 5.32 Å². The van der Waals surface area contributed by atoms with Gasteiger partial charge in [0.15, 0.2) is 0 Å². The number of rotatable bonds is 5. The van der Waals surface area contributed by atoms with Gasteiger partial charge in [-0.3, -0.25) is 0 Å². The molecule has 0 atom stereocenters. The van der Waals surface area contributed by atoms with E-state index in [-0.39, 0.29) is 0 Å². The molecule has 0 unspecified atom stereocenters. The first kappa shape index (κ1) is 10.6. The van der Waals surface area contributed by atoms with Gasteiger partial charge in [-0.25, -0.2) is 8.42 Å². The number of sulfonamides is 1. The highest BCUT2D eigenvalue weighted by atomic mass is 32.2. The summed E-state index contributed by atoms with van der Waals surface area (Å²) in [4.78, 5) is 0. The molecular weight excluding hydrogens is 164 g/mol. The number of nitrogens with one attached hydrogen (secondary N) is 1. The van der Waals surface area contributed by atoms with E-state index in [1.165, 1.54) is 6.21 Å². The zero-order valence-electron chi connectivity index (χ0n) is 6.87. The fourth-order valence-corrected chi connectivity index (χ4v) is 0.934. The van der Waals surface area contributed by atoms with E-state index >= 15 is 0 Å². The molecule has 0 saturated heterocycles. The molecule has 0 aliphatic rings. The van der Waals surface area contributed by atoms with Crippen molar-refractivity contribution in [3.05, 3.63) is 0 Å². The third-order valence-corrected chi connectivity index (χ3v) is 1.56. The molecule has 0 bridgehead atoms. The van der Waals surface area contributed by atoms with Crippen molar-refractivity contribution in [2.45, 2.75) is 12.8 Å². The normalized spacial score (nSPS) is 12.5. The summed E-state index contributed by atoms with van der Waals surface area (Å²) in [5, 5.41) is 2.95. The van der Waals surface area contributed by atoms with Crippen molar-refractivity contribution in [2.24, 2.45) is 4.40 Å². The summed E-state index contributed by atoms with van der Waals surface area (Å²) in [5.74, 6) is 0. The van der Waals surface area contributed by atoms with Crippen molar-refractivity contribution in [3.63, 3.8) is 0 Å². The zero-order chi connectivity index (χ0) is 8.74. The van der Waals surface area contributed by atoms with Gasteiger partial charge in [-0.05, 0) is 26.4 Å². The molecule has 5 heteroatoms. The minimum Gasteiger partial charge on any atom is -0.320 e. The first-order valence-corrected chi connectivity index (χ1v) is 5.29. The molecule has 0 spiro atoms. The number of nitrogens with zero attached hydrogens (tertiary/aromatic N) is 1. The molecule has 0 rings (SSSR count). The van der Waals surface area contributed by atoms with Crippen LogP contribution in [-0.4, -0.2) is 34.5 Å². The molecule has 66 valence electrons. The first-order valence-electron chi connectivity index (χ1n) is 3.44. The van der Waals surface area contributed by atoms with E-state index in [2.05, 4.69) is 9.71 Å². The van der Waals surface area contributed by atoms with Crippen LogP contribution in [0.2, 0.25) is 0 Å². The molecule has 0 aromatic heterocycles. The molecule has 1 N–H and O–H groups in total. The highest BCUT2D eigenvalue weighted by molar-refractivity contribution is 7.89. The Labute approximate surface area is 67.8 Å². The number of hydrogen-bond donors (Lipinski definition) is 1. The Morgan fingerprint density at radius 3 is 2.64 bits per heavy atom. The van der Waals surface area contributed by atoms with Crippen molar-refractivity contribution in [2.75, 3.05) is 19.8 Å². The van der Waals surface area contributed by atoms with Crippen LogP contribution in [0.5, 0.6) is 0 Å². The molecule has 0 aromatic rings. The Hall–Kier alpha value is -0.420. The average molecular weight is 178 g/mol. The topological polar surface area (TPSA) is 58.5 Å². The summed E-state index contributed by atoms with van der Waals surface area (Å²) >= 11 is 0. The van der Waals surface area contributed by atoms with Crippen LogP contribution in [0.3, 0.4) is 0 Å². The average Bonchev–Trinajstić information content (AvgIpc) is 1.85. The maximum Gasteiger partial charge on any atom is 0.249 e. The Morgan fingerprint density at radius 2 is 2.18 bits per heavy atom. The fourth-order valence-electron chi connectivity index (χ4n) is 0.558. The minimum absolute atomic E-state index is 0.702. The molecule has 0 aromatic carbocycles. The van der Waals surface area contributed by atoms with Crippen LogP contribution in [0.4, 0.5) is 0 Å². The smallest absolute Gasteiger partial charge is 0.249 e. The van der Waals surface area contributed by atoms with E-state index in [9.17, 15) is 8.42 Å². The molecule has 11 heavy (non-hydrogen) atoms. The van der Waals surface area contributed by atoms with Crippen molar-refractivity contribution in [3.8, 4) is 0 Å². The van der Waals surface area contributed by atoms with Gasteiger partial charge < -0.3 is 5.32 Å².